The molecule has 2 aliphatic rings. The minimum absolute atomic E-state index is 0.452. The van der Waals surface area contributed by atoms with Crippen molar-refractivity contribution in [3.05, 3.63) is 53.6 Å². The Bertz CT molecular complexity index is 629. The maximum absolute atomic E-state index is 4.20. The van der Waals surface area contributed by atoms with Crippen LogP contribution in [0.15, 0.2) is 36.9 Å². The summed E-state index contributed by atoms with van der Waals surface area (Å²) in [5, 5.41) is 0. The fraction of sp³-hybridized carbons (Fsp3) is 0.526. The molecule has 0 spiro atoms. The van der Waals surface area contributed by atoms with Gasteiger partial charge in [0.2, 0.25) is 0 Å². The van der Waals surface area contributed by atoms with E-state index in [-0.39, 0.29) is 0 Å². The third-order valence-corrected chi connectivity index (χ3v) is 5.76. The summed E-state index contributed by atoms with van der Waals surface area (Å²) in [7, 11) is 0. The van der Waals surface area contributed by atoms with Crippen LogP contribution in [0.25, 0.3) is 0 Å². The van der Waals surface area contributed by atoms with Crippen LogP contribution in [-0.4, -0.2) is 9.55 Å². The standard InChI is InChI=1S/C19H24N2/c1-2-19-8-4-7-16-5-3-6-17(18(16)19)11-15(12-19)13-21-10-9-20-14-21/h3,5-6,9-10,14-15H,2,4,7-8,11-13H2,1H3/t15-,19-/m0/s1. The first kappa shape index (κ1) is 13.1. The first-order chi connectivity index (χ1) is 10.3. The Morgan fingerprint density at radius 1 is 1.33 bits per heavy atom. The molecule has 2 nitrogen and oxygen atoms in total. The number of aromatic nitrogens is 2. The average Bonchev–Trinajstić information content (AvgIpc) is 3.00. The van der Waals surface area contributed by atoms with Gasteiger partial charge >= 0.3 is 0 Å². The molecule has 1 aromatic carbocycles. The largest absolute Gasteiger partial charge is 0.337 e. The van der Waals surface area contributed by atoms with Gasteiger partial charge in [0.25, 0.3) is 0 Å². The van der Waals surface area contributed by atoms with E-state index in [4.69, 9.17) is 0 Å². The van der Waals surface area contributed by atoms with Gasteiger partial charge in [-0.3, -0.25) is 0 Å². The van der Waals surface area contributed by atoms with Crippen LogP contribution in [-0.2, 0) is 24.8 Å². The number of benzene rings is 1. The van der Waals surface area contributed by atoms with E-state index >= 15 is 0 Å². The Hall–Kier alpha value is -1.57. The lowest BCUT2D eigenvalue weighted by atomic mass is 9.59. The molecule has 2 atom stereocenters. The molecule has 0 N–H and O–H groups in total. The first-order valence-corrected chi connectivity index (χ1v) is 8.38. The number of aryl methyl sites for hydroxylation is 1. The van der Waals surface area contributed by atoms with Crippen molar-refractivity contribution in [1.82, 2.24) is 9.55 Å². The highest BCUT2D eigenvalue weighted by Crippen LogP contribution is 2.50. The molecule has 21 heavy (non-hydrogen) atoms. The van der Waals surface area contributed by atoms with E-state index in [0.29, 0.717) is 5.41 Å². The zero-order valence-corrected chi connectivity index (χ0v) is 12.9. The molecule has 0 unspecified atom stereocenters. The Morgan fingerprint density at radius 2 is 2.24 bits per heavy atom. The highest BCUT2D eigenvalue weighted by molar-refractivity contribution is 5.45. The summed E-state index contributed by atoms with van der Waals surface area (Å²) in [5.74, 6) is 0.750. The van der Waals surface area contributed by atoms with E-state index in [9.17, 15) is 0 Å². The Kier molecular flexibility index (Phi) is 3.13. The van der Waals surface area contributed by atoms with Gasteiger partial charge in [-0.2, -0.15) is 0 Å². The summed E-state index contributed by atoms with van der Waals surface area (Å²) in [6.07, 6.45) is 13.9. The summed E-state index contributed by atoms with van der Waals surface area (Å²) >= 11 is 0. The number of rotatable bonds is 3. The highest BCUT2D eigenvalue weighted by atomic mass is 15.0. The zero-order chi connectivity index (χ0) is 14.3. The summed E-state index contributed by atoms with van der Waals surface area (Å²) in [6, 6.07) is 7.03. The zero-order valence-electron chi connectivity index (χ0n) is 12.9. The molecule has 2 aliphatic carbocycles. The van der Waals surface area contributed by atoms with Crippen molar-refractivity contribution >= 4 is 0 Å². The van der Waals surface area contributed by atoms with Gasteiger partial charge in [0.1, 0.15) is 0 Å². The van der Waals surface area contributed by atoms with Crippen LogP contribution >= 0.6 is 0 Å². The van der Waals surface area contributed by atoms with E-state index in [1.165, 1.54) is 38.5 Å². The maximum Gasteiger partial charge on any atom is 0.0945 e. The molecule has 0 saturated carbocycles. The highest BCUT2D eigenvalue weighted by Gasteiger charge is 2.41. The van der Waals surface area contributed by atoms with E-state index in [1.54, 1.807) is 16.7 Å². The summed E-state index contributed by atoms with van der Waals surface area (Å²) in [5.41, 5.74) is 5.46. The minimum Gasteiger partial charge on any atom is -0.337 e. The monoisotopic (exact) mass is 280 g/mol. The van der Waals surface area contributed by atoms with Crippen molar-refractivity contribution < 1.29 is 0 Å². The lowest BCUT2D eigenvalue weighted by Crippen LogP contribution is -2.39. The molecule has 0 aliphatic heterocycles. The van der Waals surface area contributed by atoms with Gasteiger partial charge in [-0.25, -0.2) is 4.98 Å². The maximum atomic E-state index is 4.20. The number of nitrogens with zero attached hydrogens (tertiary/aromatic N) is 2. The minimum atomic E-state index is 0.452. The summed E-state index contributed by atoms with van der Waals surface area (Å²) in [6.45, 7) is 3.51. The van der Waals surface area contributed by atoms with Gasteiger partial charge in [-0.15, -0.1) is 0 Å². The van der Waals surface area contributed by atoms with Gasteiger partial charge in [0.05, 0.1) is 6.33 Å². The second-order valence-electron chi connectivity index (χ2n) is 6.97. The fourth-order valence-electron chi connectivity index (χ4n) is 4.91. The van der Waals surface area contributed by atoms with E-state index in [1.807, 2.05) is 12.5 Å². The predicted molar refractivity (Wildman–Crippen MR) is 85.4 cm³/mol. The molecule has 0 amide bonds. The molecule has 1 heterocycles. The summed E-state index contributed by atoms with van der Waals surface area (Å²) in [4.78, 5) is 4.20. The van der Waals surface area contributed by atoms with Gasteiger partial charge < -0.3 is 4.57 Å². The Labute approximate surface area is 127 Å². The molecule has 0 bridgehead atoms. The van der Waals surface area contributed by atoms with Crippen LogP contribution < -0.4 is 0 Å². The average molecular weight is 280 g/mol. The Morgan fingerprint density at radius 3 is 3.05 bits per heavy atom. The Balaban J connectivity index is 1.72. The van der Waals surface area contributed by atoms with Crippen molar-refractivity contribution in [3.63, 3.8) is 0 Å². The van der Waals surface area contributed by atoms with Crippen molar-refractivity contribution in [3.8, 4) is 0 Å². The van der Waals surface area contributed by atoms with Crippen LogP contribution in [0.1, 0.15) is 49.3 Å². The van der Waals surface area contributed by atoms with Crippen molar-refractivity contribution in [2.24, 2.45) is 5.92 Å². The normalized spacial score (nSPS) is 27.4. The van der Waals surface area contributed by atoms with Crippen LogP contribution in [0.2, 0.25) is 0 Å². The molecule has 0 radical (unpaired) electrons. The molecule has 0 saturated heterocycles. The van der Waals surface area contributed by atoms with Gasteiger partial charge in [0.15, 0.2) is 0 Å². The van der Waals surface area contributed by atoms with Crippen LogP contribution in [0.4, 0.5) is 0 Å². The number of hydrogen-bond acceptors (Lipinski definition) is 1. The molecule has 0 fully saturated rings. The molecule has 2 aromatic rings. The topological polar surface area (TPSA) is 17.8 Å². The molecule has 1 aromatic heterocycles. The van der Waals surface area contributed by atoms with Crippen molar-refractivity contribution in [1.29, 1.82) is 0 Å². The van der Waals surface area contributed by atoms with Gasteiger partial charge in [-0.05, 0) is 66.5 Å². The lowest BCUT2D eigenvalue weighted by molar-refractivity contribution is 0.226. The van der Waals surface area contributed by atoms with E-state index in [2.05, 4.69) is 40.9 Å². The molecule has 4 rings (SSSR count). The lowest BCUT2D eigenvalue weighted by Gasteiger charge is -2.46. The third-order valence-electron chi connectivity index (χ3n) is 5.76. The van der Waals surface area contributed by atoms with Crippen molar-refractivity contribution in [2.45, 2.75) is 57.4 Å². The number of imidazole rings is 1. The van der Waals surface area contributed by atoms with Gasteiger partial charge in [-0.1, -0.05) is 25.1 Å². The molecular formula is C19H24N2. The molecule has 2 heteroatoms. The molecule has 110 valence electrons. The summed E-state index contributed by atoms with van der Waals surface area (Å²) < 4.78 is 2.26. The van der Waals surface area contributed by atoms with Crippen LogP contribution in [0.5, 0.6) is 0 Å². The molecular weight excluding hydrogens is 256 g/mol. The first-order valence-electron chi connectivity index (χ1n) is 8.38. The second kappa shape index (κ2) is 5.01. The van der Waals surface area contributed by atoms with Gasteiger partial charge in [0, 0.05) is 18.9 Å². The smallest absolute Gasteiger partial charge is 0.0945 e. The van der Waals surface area contributed by atoms with E-state index in [0.717, 1.165) is 12.5 Å². The van der Waals surface area contributed by atoms with E-state index < -0.39 is 0 Å². The van der Waals surface area contributed by atoms with Crippen molar-refractivity contribution in [2.75, 3.05) is 0 Å². The van der Waals surface area contributed by atoms with Crippen LogP contribution in [0, 0.1) is 5.92 Å². The quantitative estimate of drug-likeness (QED) is 0.826. The number of hydrogen-bond donors (Lipinski definition) is 0. The second-order valence-corrected chi connectivity index (χ2v) is 6.97. The predicted octanol–water partition coefficient (Wildman–Crippen LogP) is 4.13. The van der Waals surface area contributed by atoms with Crippen LogP contribution in [0.3, 0.4) is 0 Å². The SMILES string of the molecule is CC[C@@]12CCCc3cccc(c31)C[C@H](Cn1ccnc1)C2. The third kappa shape index (κ3) is 2.12. The fourth-order valence-corrected chi connectivity index (χ4v) is 4.91.